The Morgan fingerprint density at radius 3 is 2.32 bits per heavy atom. The number of nitrogens with one attached hydrogen (secondary N) is 1. The average molecular weight is 326 g/mol. The molecule has 0 bridgehead atoms. The molecular weight excluding hydrogens is 300 g/mol. The zero-order valence-corrected chi connectivity index (χ0v) is 14.6. The second-order valence-corrected chi connectivity index (χ2v) is 7.87. The standard InChI is InChI=1S/C16H26N2O3S/c1-13(2)14(3)11-18(4)16(19)10-17-22(20,21)12-15-8-6-5-7-9-15/h5-9,13-14,17H,10-12H2,1-4H3. The van der Waals surface area contributed by atoms with E-state index in [1.807, 2.05) is 6.07 Å². The molecule has 1 rings (SSSR count). The van der Waals surface area contributed by atoms with Gasteiger partial charge in [0.15, 0.2) is 0 Å². The van der Waals surface area contributed by atoms with Gasteiger partial charge in [-0.1, -0.05) is 51.1 Å². The summed E-state index contributed by atoms with van der Waals surface area (Å²) in [7, 11) is -1.80. The highest BCUT2D eigenvalue weighted by atomic mass is 32.2. The molecule has 0 saturated carbocycles. The van der Waals surface area contributed by atoms with Crippen LogP contribution in [-0.2, 0) is 20.6 Å². The Kier molecular flexibility index (Phi) is 7.03. The second-order valence-electron chi connectivity index (χ2n) is 6.06. The van der Waals surface area contributed by atoms with Gasteiger partial charge < -0.3 is 4.90 Å². The van der Waals surface area contributed by atoms with Crippen LogP contribution in [0.25, 0.3) is 0 Å². The quantitative estimate of drug-likeness (QED) is 0.793. The van der Waals surface area contributed by atoms with Crippen molar-refractivity contribution in [2.24, 2.45) is 11.8 Å². The molecule has 1 amide bonds. The third-order valence-electron chi connectivity index (χ3n) is 3.77. The van der Waals surface area contributed by atoms with Crippen LogP contribution in [0, 0.1) is 11.8 Å². The van der Waals surface area contributed by atoms with Crippen molar-refractivity contribution in [3.8, 4) is 0 Å². The predicted molar refractivity (Wildman–Crippen MR) is 88.7 cm³/mol. The van der Waals surface area contributed by atoms with Crippen molar-refractivity contribution in [1.29, 1.82) is 0 Å². The molecule has 0 aliphatic carbocycles. The van der Waals surface area contributed by atoms with Gasteiger partial charge in [-0.3, -0.25) is 4.79 Å². The van der Waals surface area contributed by atoms with E-state index in [9.17, 15) is 13.2 Å². The van der Waals surface area contributed by atoms with Crippen LogP contribution >= 0.6 is 0 Å². The fraction of sp³-hybridized carbons (Fsp3) is 0.562. The summed E-state index contributed by atoms with van der Waals surface area (Å²) in [5, 5.41) is 0. The van der Waals surface area contributed by atoms with E-state index >= 15 is 0 Å². The summed E-state index contributed by atoms with van der Waals surface area (Å²) < 4.78 is 26.3. The molecule has 22 heavy (non-hydrogen) atoms. The second kappa shape index (κ2) is 8.29. The zero-order chi connectivity index (χ0) is 16.8. The number of nitrogens with zero attached hydrogens (tertiary/aromatic N) is 1. The molecule has 0 aromatic heterocycles. The Morgan fingerprint density at radius 2 is 1.77 bits per heavy atom. The van der Waals surface area contributed by atoms with Crippen molar-refractivity contribution in [2.45, 2.75) is 26.5 Å². The van der Waals surface area contributed by atoms with Gasteiger partial charge in [-0.15, -0.1) is 0 Å². The van der Waals surface area contributed by atoms with Crippen molar-refractivity contribution >= 4 is 15.9 Å². The maximum absolute atomic E-state index is 12.0. The lowest BCUT2D eigenvalue weighted by Crippen LogP contribution is -2.40. The average Bonchev–Trinajstić information content (AvgIpc) is 2.45. The number of rotatable bonds is 8. The molecule has 1 unspecified atom stereocenters. The van der Waals surface area contributed by atoms with E-state index in [4.69, 9.17) is 0 Å². The van der Waals surface area contributed by atoms with Gasteiger partial charge in [0.25, 0.3) is 0 Å². The van der Waals surface area contributed by atoms with Crippen LogP contribution in [0.5, 0.6) is 0 Å². The van der Waals surface area contributed by atoms with Gasteiger partial charge in [-0.25, -0.2) is 13.1 Å². The molecule has 0 aliphatic heterocycles. The maximum Gasteiger partial charge on any atom is 0.237 e. The summed E-state index contributed by atoms with van der Waals surface area (Å²) in [6.45, 7) is 6.71. The largest absolute Gasteiger partial charge is 0.344 e. The molecule has 124 valence electrons. The fourth-order valence-electron chi connectivity index (χ4n) is 1.90. The molecule has 0 aliphatic rings. The first-order valence-corrected chi connectivity index (χ1v) is 9.11. The van der Waals surface area contributed by atoms with Crippen molar-refractivity contribution < 1.29 is 13.2 Å². The number of benzene rings is 1. The Balaban J connectivity index is 2.48. The molecule has 6 heteroatoms. The Labute approximate surface area is 133 Å². The predicted octanol–water partition coefficient (Wildman–Crippen LogP) is 1.86. The van der Waals surface area contributed by atoms with E-state index in [1.54, 1.807) is 36.2 Å². The van der Waals surface area contributed by atoms with Gasteiger partial charge in [0.05, 0.1) is 12.3 Å². The lowest BCUT2D eigenvalue weighted by Gasteiger charge is -2.24. The third-order valence-corrected chi connectivity index (χ3v) is 5.07. The summed E-state index contributed by atoms with van der Waals surface area (Å²) in [5.74, 6) is 0.511. The Hall–Kier alpha value is -1.40. The van der Waals surface area contributed by atoms with E-state index in [0.717, 1.165) is 0 Å². The van der Waals surface area contributed by atoms with Crippen LogP contribution in [0.3, 0.4) is 0 Å². The minimum Gasteiger partial charge on any atom is -0.344 e. The summed E-state index contributed by atoms with van der Waals surface area (Å²) in [4.78, 5) is 13.6. The SMILES string of the molecule is CC(C)C(C)CN(C)C(=O)CNS(=O)(=O)Cc1ccccc1. The van der Waals surface area contributed by atoms with Crippen LogP contribution in [0.1, 0.15) is 26.3 Å². The van der Waals surface area contributed by atoms with E-state index in [0.29, 0.717) is 23.9 Å². The Morgan fingerprint density at radius 1 is 1.18 bits per heavy atom. The number of amides is 1. The smallest absolute Gasteiger partial charge is 0.237 e. The van der Waals surface area contributed by atoms with Gasteiger partial charge in [0.2, 0.25) is 15.9 Å². The number of carbonyl (C=O) groups excluding carboxylic acids is 1. The van der Waals surface area contributed by atoms with Crippen molar-refractivity contribution in [3.63, 3.8) is 0 Å². The monoisotopic (exact) mass is 326 g/mol. The van der Waals surface area contributed by atoms with Crippen LogP contribution < -0.4 is 4.72 Å². The fourth-order valence-corrected chi connectivity index (χ4v) is 2.97. The molecule has 5 nitrogen and oxygen atoms in total. The van der Waals surface area contributed by atoms with Gasteiger partial charge in [0, 0.05) is 13.6 Å². The lowest BCUT2D eigenvalue weighted by atomic mass is 9.98. The number of sulfonamides is 1. The molecule has 0 spiro atoms. The van der Waals surface area contributed by atoms with Gasteiger partial charge in [0.1, 0.15) is 0 Å². The highest BCUT2D eigenvalue weighted by Crippen LogP contribution is 2.10. The zero-order valence-electron chi connectivity index (χ0n) is 13.7. The summed E-state index contributed by atoms with van der Waals surface area (Å²) in [6.07, 6.45) is 0. The van der Waals surface area contributed by atoms with Gasteiger partial charge in [-0.2, -0.15) is 0 Å². The normalized spacial score (nSPS) is 13.1. The van der Waals surface area contributed by atoms with Crippen molar-refractivity contribution in [1.82, 2.24) is 9.62 Å². The number of hydrogen-bond acceptors (Lipinski definition) is 3. The van der Waals surface area contributed by atoms with Crippen LogP contribution in [0.4, 0.5) is 0 Å². The molecule has 0 fully saturated rings. The summed E-state index contributed by atoms with van der Waals surface area (Å²) >= 11 is 0. The van der Waals surface area contributed by atoms with Crippen LogP contribution in [0.15, 0.2) is 30.3 Å². The minimum absolute atomic E-state index is 0.118. The van der Waals surface area contributed by atoms with Crippen molar-refractivity contribution in [3.05, 3.63) is 35.9 Å². The summed E-state index contributed by atoms with van der Waals surface area (Å²) in [6, 6.07) is 8.90. The van der Waals surface area contributed by atoms with Crippen LogP contribution in [0.2, 0.25) is 0 Å². The molecular formula is C16H26N2O3S. The molecule has 1 aromatic carbocycles. The number of hydrogen-bond donors (Lipinski definition) is 1. The Bertz CT molecular complexity index is 570. The number of likely N-dealkylation sites (N-methyl/N-ethyl adjacent to an activating group) is 1. The highest BCUT2D eigenvalue weighted by molar-refractivity contribution is 7.88. The van der Waals surface area contributed by atoms with E-state index in [2.05, 4.69) is 25.5 Å². The first-order valence-electron chi connectivity index (χ1n) is 7.46. The van der Waals surface area contributed by atoms with E-state index < -0.39 is 10.0 Å². The first-order chi connectivity index (χ1) is 10.2. The topological polar surface area (TPSA) is 66.5 Å². The first kappa shape index (κ1) is 18.6. The molecule has 0 radical (unpaired) electrons. The van der Waals surface area contributed by atoms with Gasteiger partial charge >= 0.3 is 0 Å². The maximum atomic E-state index is 12.0. The van der Waals surface area contributed by atoms with Crippen molar-refractivity contribution in [2.75, 3.05) is 20.1 Å². The molecule has 1 aromatic rings. The van der Waals surface area contributed by atoms with Gasteiger partial charge in [-0.05, 0) is 17.4 Å². The summed E-state index contributed by atoms with van der Waals surface area (Å²) in [5.41, 5.74) is 0.698. The van der Waals surface area contributed by atoms with E-state index in [1.165, 1.54) is 0 Å². The minimum atomic E-state index is -3.51. The van der Waals surface area contributed by atoms with Crippen LogP contribution in [-0.4, -0.2) is 39.4 Å². The molecule has 1 N–H and O–H groups in total. The lowest BCUT2D eigenvalue weighted by molar-refractivity contribution is -0.129. The highest BCUT2D eigenvalue weighted by Gasteiger charge is 2.18. The molecule has 0 heterocycles. The third kappa shape index (κ3) is 6.58. The van der Waals surface area contributed by atoms with E-state index in [-0.39, 0.29) is 18.2 Å². The molecule has 1 atom stereocenters. The molecule has 0 saturated heterocycles. The number of carbonyl (C=O) groups is 1.